The predicted octanol–water partition coefficient (Wildman–Crippen LogP) is 1.15. The molecule has 1 saturated carbocycles. The van der Waals surface area contributed by atoms with E-state index in [2.05, 4.69) is 29.6 Å². The first-order valence-electron chi connectivity index (χ1n) is 6.39. The molecule has 0 unspecified atom stereocenters. The van der Waals surface area contributed by atoms with Crippen molar-refractivity contribution in [2.45, 2.75) is 57.5 Å². The minimum Gasteiger partial charge on any atom is -0.382 e. The molecule has 0 saturated heterocycles. The molecule has 0 aromatic rings. The molecule has 1 aliphatic carbocycles. The summed E-state index contributed by atoms with van der Waals surface area (Å²) in [5.74, 6) is 6.17. The number of methoxy groups -OCH3 is 1. The van der Waals surface area contributed by atoms with Gasteiger partial charge < -0.3 is 10.1 Å². The van der Waals surface area contributed by atoms with Crippen LogP contribution >= 0.6 is 0 Å². The van der Waals surface area contributed by atoms with Crippen LogP contribution in [-0.4, -0.2) is 31.3 Å². The van der Waals surface area contributed by atoms with Crippen LogP contribution in [0.2, 0.25) is 0 Å². The summed E-state index contributed by atoms with van der Waals surface area (Å²) in [6.45, 7) is 4.73. The van der Waals surface area contributed by atoms with Crippen LogP contribution in [0.3, 0.4) is 0 Å². The van der Waals surface area contributed by atoms with E-state index in [0.717, 1.165) is 12.8 Å². The minimum absolute atomic E-state index is 0.172. The minimum atomic E-state index is -0.172. The first-order chi connectivity index (χ1) is 8.07. The van der Waals surface area contributed by atoms with E-state index < -0.39 is 0 Å². The number of aliphatic imine (C=N–C) groups is 1. The van der Waals surface area contributed by atoms with Gasteiger partial charge in [0.1, 0.15) is 0 Å². The van der Waals surface area contributed by atoms with Gasteiger partial charge in [-0.2, -0.15) is 0 Å². The first kappa shape index (κ1) is 14.3. The molecule has 0 aromatic heterocycles. The Labute approximate surface area is 104 Å². The van der Waals surface area contributed by atoms with Gasteiger partial charge in [-0.3, -0.25) is 5.43 Å². The summed E-state index contributed by atoms with van der Waals surface area (Å²) in [5.41, 5.74) is 2.48. The fourth-order valence-electron chi connectivity index (χ4n) is 2.22. The summed E-state index contributed by atoms with van der Waals surface area (Å²) in [4.78, 5) is 4.64. The zero-order valence-electron chi connectivity index (χ0n) is 11.3. The number of nitrogens with zero attached hydrogens (tertiary/aromatic N) is 1. The Bertz CT molecular complexity index is 247. The highest BCUT2D eigenvalue weighted by Crippen LogP contribution is 2.20. The van der Waals surface area contributed by atoms with Crippen molar-refractivity contribution in [2.75, 3.05) is 13.7 Å². The van der Waals surface area contributed by atoms with Crippen LogP contribution in [0.4, 0.5) is 0 Å². The highest BCUT2D eigenvalue weighted by molar-refractivity contribution is 5.80. The fraction of sp³-hybridized carbons (Fsp3) is 0.917. The molecule has 1 fully saturated rings. The van der Waals surface area contributed by atoms with Gasteiger partial charge in [-0.25, -0.2) is 10.8 Å². The number of ether oxygens (including phenoxy) is 1. The monoisotopic (exact) mass is 242 g/mol. The van der Waals surface area contributed by atoms with Crippen LogP contribution in [0.1, 0.15) is 46.0 Å². The topological polar surface area (TPSA) is 71.7 Å². The van der Waals surface area contributed by atoms with Gasteiger partial charge in [-0.05, 0) is 26.7 Å². The molecule has 0 radical (unpaired) electrons. The standard InChI is InChI=1S/C12H26N4O/c1-12(2,9-17-3)15-11(16-13)14-10-7-5-4-6-8-10/h10H,4-9,13H2,1-3H3,(H2,14,15,16). The van der Waals surface area contributed by atoms with E-state index in [1.807, 2.05) is 0 Å². The average molecular weight is 242 g/mol. The van der Waals surface area contributed by atoms with Crippen LogP contribution in [0, 0.1) is 0 Å². The van der Waals surface area contributed by atoms with Crippen molar-refractivity contribution in [3.63, 3.8) is 0 Å². The maximum atomic E-state index is 5.51. The quantitative estimate of drug-likeness (QED) is 0.299. The van der Waals surface area contributed by atoms with Crippen LogP contribution in [0.15, 0.2) is 4.99 Å². The predicted molar refractivity (Wildman–Crippen MR) is 70.7 cm³/mol. The van der Waals surface area contributed by atoms with Gasteiger partial charge in [0.05, 0.1) is 18.2 Å². The zero-order chi connectivity index (χ0) is 12.7. The number of hydrazine groups is 1. The molecule has 5 nitrogen and oxygen atoms in total. The van der Waals surface area contributed by atoms with Gasteiger partial charge in [0.2, 0.25) is 5.96 Å². The molecule has 0 amide bonds. The lowest BCUT2D eigenvalue weighted by Crippen LogP contribution is -2.54. The van der Waals surface area contributed by atoms with Gasteiger partial charge in [-0.15, -0.1) is 0 Å². The smallest absolute Gasteiger partial charge is 0.206 e. The van der Waals surface area contributed by atoms with Crippen LogP contribution in [0.5, 0.6) is 0 Å². The summed E-state index contributed by atoms with van der Waals surface area (Å²) in [6, 6.07) is 0.403. The Kier molecular flexibility index (Phi) is 5.71. The lowest BCUT2D eigenvalue weighted by molar-refractivity contribution is 0.139. The molecule has 0 spiro atoms. The third-order valence-corrected chi connectivity index (χ3v) is 2.99. The molecule has 0 bridgehead atoms. The van der Waals surface area contributed by atoms with Crippen molar-refractivity contribution in [1.29, 1.82) is 0 Å². The van der Waals surface area contributed by atoms with E-state index in [0.29, 0.717) is 18.6 Å². The first-order valence-corrected chi connectivity index (χ1v) is 6.39. The van der Waals surface area contributed by atoms with Crippen molar-refractivity contribution in [3.8, 4) is 0 Å². The van der Waals surface area contributed by atoms with Crippen molar-refractivity contribution in [2.24, 2.45) is 10.8 Å². The summed E-state index contributed by atoms with van der Waals surface area (Å²) in [6.07, 6.45) is 6.20. The van der Waals surface area contributed by atoms with E-state index in [-0.39, 0.29) is 5.54 Å². The van der Waals surface area contributed by atoms with Crippen LogP contribution in [-0.2, 0) is 4.74 Å². The van der Waals surface area contributed by atoms with Gasteiger partial charge in [0.15, 0.2) is 0 Å². The number of nitrogens with two attached hydrogens (primary N) is 1. The molecular formula is C12H26N4O. The molecule has 0 heterocycles. The third kappa shape index (κ3) is 5.37. The molecule has 0 atom stereocenters. The molecule has 1 rings (SSSR count). The summed E-state index contributed by atoms with van der Waals surface area (Å²) >= 11 is 0. The third-order valence-electron chi connectivity index (χ3n) is 2.99. The SMILES string of the molecule is COCC(C)(C)NC(=NC1CCCCC1)NN. The number of guanidine groups is 1. The molecule has 4 N–H and O–H groups in total. The second-order valence-corrected chi connectivity index (χ2v) is 5.36. The molecule has 5 heteroatoms. The second kappa shape index (κ2) is 6.81. The van der Waals surface area contributed by atoms with Crippen molar-refractivity contribution in [1.82, 2.24) is 10.7 Å². The largest absolute Gasteiger partial charge is 0.382 e. The number of hydrogen-bond donors (Lipinski definition) is 3. The molecule has 17 heavy (non-hydrogen) atoms. The van der Waals surface area contributed by atoms with E-state index in [1.54, 1.807) is 7.11 Å². The maximum absolute atomic E-state index is 5.51. The molecule has 0 aromatic carbocycles. The normalized spacial score (nSPS) is 19.2. The Hall–Kier alpha value is -0.810. The molecule has 1 aliphatic rings. The molecular weight excluding hydrogens is 216 g/mol. The number of hydrogen-bond acceptors (Lipinski definition) is 3. The van der Waals surface area contributed by atoms with Gasteiger partial charge >= 0.3 is 0 Å². The highest BCUT2D eigenvalue weighted by atomic mass is 16.5. The van der Waals surface area contributed by atoms with Crippen molar-refractivity contribution in [3.05, 3.63) is 0 Å². The number of nitrogens with one attached hydrogen (secondary N) is 2. The van der Waals surface area contributed by atoms with Crippen LogP contribution in [0.25, 0.3) is 0 Å². The van der Waals surface area contributed by atoms with E-state index in [4.69, 9.17) is 10.6 Å². The Balaban J connectivity index is 2.54. The average Bonchev–Trinajstić information content (AvgIpc) is 2.29. The van der Waals surface area contributed by atoms with Crippen molar-refractivity contribution >= 4 is 5.96 Å². The Morgan fingerprint density at radius 3 is 2.53 bits per heavy atom. The van der Waals surface area contributed by atoms with Gasteiger partial charge in [0, 0.05) is 7.11 Å². The summed E-state index contributed by atoms with van der Waals surface area (Å²) in [5, 5.41) is 3.28. The lowest BCUT2D eigenvalue weighted by atomic mass is 9.96. The second-order valence-electron chi connectivity index (χ2n) is 5.36. The Morgan fingerprint density at radius 2 is 2.00 bits per heavy atom. The molecule has 100 valence electrons. The number of rotatable bonds is 4. The highest BCUT2D eigenvalue weighted by Gasteiger charge is 2.20. The van der Waals surface area contributed by atoms with Crippen LogP contribution < -0.4 is 16.6 Å². The van der Waals surface area contributed by atoms with E-state index >= 15 is 0 Å². The molecule has 0 aliphatic heterocycles. The Morgan fingerprint density at radius 1 is 1.35 bits per heavy atom. The fourth-order valence-corrected chi connectivity index (χ4v) is 2.22. The van der Waals surface area contributed by atoms with Gasteiger partial charge in [0.25, 0.3) is 0 Å². The van der Waals surface area contributed by atoms with E-state index in [1.165, 1.54) is 19.3 Å². The van der Waals surface area contributed by atoms with Gasteiger partial charge in [-0.1, -0.05) is 19.3 Å². The summed E-state index contributed by atoms with van der Waals surface area (Å²) < 4.78 is 5.16. The van der Waals surface area contributed by atoms with Crippen molar-refractivity contribution < 1.29 is 4.74 Å². The summed E-state index contributed by atoms with van der Waals surface area (Å²) in [7, 11) is 1.69. The van der Waals surface area contributed by atoms with E-state index in [9.17, 15) is 0 Å². The zero-order valence-corrected chi connectivity index (χ0v) is 11.3. The maximum Gasteiger partial charge on any atom is 0.206 e. The lowest BCUT2D eigenvalue weighted by Gasteiger charge is -2.28.